The zero-order valence-electron chi connectivity index (χ0n) is 9.98. The van der Waals surface area contributed by atoms with Gasteiger partial charge >= 0.3 is 0 Å². The number of carbonyl (C=O) groups excluding carboxylic acids is 1. The van der Waals surface area contributed by atoms with Gasteiger partial charge in [-0.25, -0.2) is 4.98 Å². The third-order valence-electron chi connectivity index (χ3n) is 2.29. The summed E-state index contributed by atoms with van der Waals surface area (Å²) >= 11 is 5.86. The Hall–Kier alpha value is -2.34. The molecule has 0 saturated carbocycles. The van der Waals surface area contributed by atoms with E-state index in [2.05, 4.69) is 15.3 Å². The smallest absolute Gasteiger partial charge is 0.275 e. The molecular weight excluding hydrogens is 288 g/mol. The first-order valence-corrected chi connectivity index (χ1v) is 5.83. The summed E-state index contributed by atoms with van der Waals surface area (Å²) in [5.74, 6) is -0.530. The number of anilines is 1. The normalized spacial score (nSPS) is 9.95. The van der Waals surface area contributed by atoms with Crippen LogP contribution >= 0.6 is 11.6 Å². The van der Waals surface area contributed by atoms with Gasteiger partial charge in [-0.2, -0.15) is 8.78 Å². The molecule has 1 amide bonds. The van der Waals surface area contributed by atoms with Crippen molar-refractivity contribution in [3.63, 3.8) is 0 Å². The molecule has 0 saturated heterocycles. The summed E-state index contributed by atoms with van der Waals surface area (Å²) < 4.78 is 24.2. The number of amides is 1. The first-order chi connectivity index (χ1) is 9.56. The molecular formula is C13H8ClF2N3O. The summed E-state index contributed by atoms with van der Waals surface area (Å²) in [4.78, 5) is 19.5. The van der Waals surface area contributed by atoms with E-state index >= 15 is 0 Å². The Labute approximate surface area is 118 Å². The molecule has 0 radical (unpaired) electrons. The third kappa shape index (κ3) is 3.58. The Morgan fingerprint density at radius 3 is 2.60 bits per heavy atom. The fourth-order valence-corrected chi connectivity index (χ4v) is 1.71. The molecule has 2 heterocycles. The van der Waals surface area contributed by atoms with Gasteiger partial charge in [-0.3, -0.25) is 9.78 Å². The Morgan fingerprint density at radius 2 is 2.00 bits per heavy atom. The topological polar surface area (TPSA) is 54.9 Å². The highest BCUT2D eigenvalue weighted by Crippen LogP contribution is 2.19. The van der Waals surface area contributed by atoms with Crippen LogP contribution < -0.4 is 5.32 Å². The summed E-state index contributed by atoms with van der Waals surface area (Å²) in [5.41, 5.74) is 0.608. The van der Waals surface area contributed by atoms with E-state index in [-0.39, 0.29) is 16.3 Å². The van der Waals surface area contributed by atoms with E-state index < -0.39 is 12.0 Å². The van der Waals surface area contributed by atoms with Crippen molar-refractivity contribution in [2.24, 2.45) is 0 Å². The van der Waals surface area contributed by atoms with Gasteiger partial charge in [0.2, 0.25) is 0 Å². The van der Waals surface area contributed by atoms with E-state index in [0.717, 1.165) is 6.20 Å². The molecule has 1 N–H and O–H groups in total. The molecule has 4 nitrogen and oxygen atoms in total. The van der Waals surface area contributed by atoms with Crippen LogP contribution in [0.4, 0.5) is 14.5 Å². The van der Waals surface area contributed by atoms with Gasteiger partial charge in [0.15, 0.2) is 0 Å². The molecule has 0 unspecified atom stereocenters. The van der Waals surface area contributed by atoms with E-state index in [0.29, 0.717) is 11.8 Å². The van der Waals surface area contributed by atoms with Crippen molar-refractivity contribution >= 4 is 29.3 Å². The molecule has 0 aliphatic heterocycles. The molecule has 20 heavy (non-hydrogen) atoms. The first kappa shape index (κ1) is 14.1. The molecule has 0 aliphatic rings. The monoisotopic (exact) mass is 295 g/mol. The number of hydrogen-bond acceptors (Lipinski definition) is 3. The van der Waals surface area contributed by atoms with E-state index in [4.69, 9.17) is 11.6 Å². The molecule has 0 bridgehead atoms. The van der Waals surface area contributed by atoms with Crippen molar-refractivity contribution in [1.29, 1.82) is 0 Å². The number of halogens is 3. The Kier molecular flexibility index (Phi) is 4.37. The maximum absolute atomic E-state index is 12.1. The second kappa shape index (κ2) is 6.21. The van der Waals surface area contributed by atoms with Crippen LogP contribution in [0, 0.1) is 0 Å². The van der Waals surface area contributed by atoms with E-state index in [1.807, 2.05) is 0 Å². The van der Waals surface area contributed by atoms with Crippen LogP contribution in [0.5, 0.6) is 0 Å². The number of rotatable bonds is 3. The summed E-state index contributed by atoms with van der Waals surface area (Å²) in [6.07, 6.45) is 2.93. The molecule has 0 spiro atoms. The molecule has 2 aromatic rings. The molecule has 102 valence electrons. The van der Waals surface area contributed by atoms with E-state index in [9.17, 15) is 13.6 Å². The van der Waals surface area contributed by atoms with Gasteiger partial charge in [-0.15, -0.1) is 0 Å². The summed E-state index contributed by atoms with van der Waals surface area (Å²) in [5, 5.41) is 2.56. The molecule has 7 heteroatoms. The van der Waals surface area contributed by atoms with Crippen LogP contribution in [0.15, 0.2) is 42.9 Å². The number of hydrogen-bond donors (Lipinski definition) is 1. The van der Waals surface area contributed by atoms with Gasteiger partial charge in [-0.05, 0) is 23.8 Å². The maximum atomic E-state index is 12.1. The Balaban J connectivity index is 2.21. The number of pyridine rings is 2. The lowest BCUT2D eigenvalue weighted by Gasteiger charge is -2.06. The number of carbonyl (C=O) groups is 1. The molecule has 0 aromatic carbocycles. The fraction of sp³-hybridized carbons (Fsp3) is 0. The summed E-state index contributed by atoms with van der Waals surface area (Å²) in [6, 6.07) is 4.44. The highest BCUT2D eigenvalue weighted by atomic mass is 35.5. The van der Waals surface area contributed by atoms with Crippen molar-refractivity contribution in [3.8, 4) is 0 Å². The van der Waals surface area contributed by atoms with Crippen molar-refractivity contribution in [3.05, 3.63) is 59.2 Å². The summed E-state index contributed by atoms with van der Waals surface area (Å²) in [7, 11) is 0. The van der Waals surface area contributed by atoms with Gasteiger partial charge in [0.05, 0.1) is 5.02 Å². The largest absolute Gasteiger partial charge is 0.320 e. The predicted octanol–water partition coefficient (Wildman–Crippen LogP) is 3.62. The van der Waals surface area contributed by atoms with Crippen LogP contribution in [0.1, 0.15) is 16.1 Å². The van der Waals surface area contributed by atoms with Gasteiger partial charge in [-0.1, -0.05) is 11.6 Å². The zero-order valence-corrected chi connectivity index (χ0v) is 10.7. The lowest BCUT2D eigenvalue weighted by Crippen LogP contribution is -2.14. The van der Waals surface area contributed by atoms with Crippen molar-refractivity contribution in [1.82, 2.24) is 9.97 Å². The standard InChI is InChI=1S/C13H8ClF2N3O/c14-10-5-8(6-11(15)16)7-18-12(10)13(20)19-9-1-3-17-4-2-9/h1-7H,(H,17,19,20). The summed E-state index contributed by atoms with van der Waals surface area (Å²) in [6.45, 7) is 0. The van der Waals surface area contributed by atoms with Gasteiger partial charge in [0.1, 0.15) is 5.69 Å². The zero-order chi connectivity index (χ0) is 14.5. The van der Waals surface area contributed by atoms with Gasteiger partial charge < -0.3 is 5.32 Å². The predicted molar refractivity (Wildman–Crippen MR) is 71.6 cm³/mol. The lowest BCUT2D eigenvalue weighted by atomic mass is 10.2. The SMILES string of the molecule is O=C(Nc1ccncc1)c1ncc(C=C(F)F)cc1Cl. The second-order valence-electron chi connectivity index (χ2n) is 3.72. The maximum Gasteiger partial charge on any atom is 0.275 e. The van der Waals surface area contributed by atoms with Crippen LogP contribution in [-0.4, -0.2) is 15.9 Å². The minimum Gasteiger partial charge on any atom is -0.320 e. The Bertz CT molecular complexity index is 658. The van der Waals surface area contributed by atoms with E-state index in [1.54, 1.807) is 12.1 Å². The third-order valence-corrected chi connectivity index (χ3v) is 2.58. The van der Waals surface area contributed by atoms with Gasteiger partial charge in [0.25, 0.3) is 12.0 Å². The van der Waals surface area contributed by atoms with Crippen LogP contribution in [-0.2, 0) is 0 Å². The molecule has 0 fully saturated rings. The van der Waals surface area contributed by atoms with Crippen LogP contribution in [0.25, 0.3) is 6.08 Å². The molecule has 2 rings (SSSR count). The van der Waals surface area contributed by atoms with Gasteiger partial charge in [0, 0.05) is 30.4 Å². The Morgan fingerprint density at radius 1 is 1.30 bits per heavy atom. The van der Waals surface area contributed by atoms with Crippen molar-refractivity contribution in [2.45, 2.75) is 0 Å². The second-order valence-corrected chi connectivity index (χ2v) is 4.13. The highest BCUT2D eigenvalue weighted by Gasteiger charge is 2.13. The van der Waals surface area contributed by atoms with E-state index in [1.165, 1.54) is 18.5 Å². The lowest BCUT2D eigenvalue weighted by molar-refractivity contribution is 0.102. The first-order valence-electron chi connectivity index (χ1n) is 5.46. The number of nitrogens with zero attached hydrogens (tertiary/aromatic N) is 2. The van der Waals surface area contributed by atoms with Crippen LogP contribution in [0.2, 0.25) is 5.02 Å². The minimum absolute atomic E-state index is 0.00782. The fourth-order valence-electron chi connectivity index (χ4n) is 1.45. The number of aromatic nitrogens is 2. The van der Waals surface area contributed by atoms with Crippen LogP contribution in [0.3, 0.4) is 0 Å². The average molecular weight is 296 g/mol. The number of nitrogens with one attached hydrogen (secondary N) is 1. The highest BCUT2D eigenvalue weighted by molar-refractivity contribution is 6.34. The average Bonchev–Trinajstić information content (AvgIpc) is 2.39. The van der Waals surface area contributed by atoms with Crippen molar-refractivity contribution < 1.29 is 13.6 Å². The quantitative estimate of drug-likeness (QED) is 0.941. The molecule has 0 aliphatic carbocycles. The molecule has 2 aromatic heterocycles. The minimum atomic E-state index is -1.86. The van der Waals surface area contributed by atoms with Crippen molar-refractivity contribution in [2.75, 3.05) is 5.32 Å². The molecule has 0 atom stereocenters.